The van der Waals surface area contributed by atoms with Gasteiger partial charge < -0.3 is 14.8 Å². The van der Waals surface area contributed by atoms with Gasteiger partial charge in [0, 0.05) is 42.7 Å². The highest BCUT2D eigenvalue weighted by Crippen LogP contribution is 2.43. The Morgan fingerprint density at radius 2 is 1.82 bits per heavy atom. The molecule has 2 saturated heterocycles. The molecule has 2 fully saturated rings. The predicted octanol–water partition coefficient (Wildman–Crippen LogP) is 3.07. The van der Waals surface area contributed by atoms with E-state index < -0.39 is 5.54 Å². The van der Waals surface area contributed by atoms with Crippen LogP contribution in [0.25, 0.3) is 10.9 Å². The van der Waals surface area contributed by atoms with Gasteiger partial charge in [0.2, 0.25) is 5.91 Å². The number of benzene rings is 2. The molecule has 0 saturated carbocycles. The molecule has 0 radical (unpaired) electrons. The molecule has 5 nitrogen and oxygen atoms in total. The summed E-state index contributed by atoms with van der Waals surface area (Å²) in [5, 5.41) is 0.990. The Labute approximate surface area is 163 Å². The number of H-pyrrole nitrogens is 1. The zero-order valence-electron chi connectivity index (χ0n) is 15.9. The van der Waals surface area contributed by atoms with Gasteiger partial charge in [0.25, 0.3) is 5.91 Å². The van der Waals surface area contributed by atoms with E-state index in [1.54, 1.807) is 11.9 Å². The summed E-state index contributed by atoms with van der Waals surface area (Å²) in [6.45, 7) is 0.655. The maximum absolute atomic E-state index is 13.9. The summed E-state index contributed by atoms with van der Waals surface area (Å²) in [6.07, 6.45) is 4.00. The second-order valence-electron chi connectivity index (χ2n) is 7.82. The molecule has 1 N–H and O–H groups in total. The molecule has 3 heterocycles. The Morgan fingerprint density at radius 3 is 2.64 bits per heavy atom. The molecule has 2 amide bonds. The van der Waals surface area contributed by atoms with Crippen molar-refractivity contribution < 1.29 is 9.59 Å². The Balaban J connectivity index is 1.75. The van der Waals surface area contributed by atoms with Gasteiger partial charge in [-0.25, -0.2) is 0 Å². The van der Waals surface area contributed by atoms with Gasteiger partial charge in [0.05, 0.1) is 0 Å². The quantitative estimate of drug-likeness (QED) is 0.767. The third kappa shape index (κ3) is 2.25. The minimum absolute atomic E-state index is 0.0331. The number of hydrogen-bond acceptors (Lipinski definition) is 2. The first-order chi connectivity index (χ1) is 13.6. The molecule has 0 aliphatic carbocycles. The van der Waals surface area contributed by atoms with Gasteiger partial charge in [0.15, 0.2) is 5.54 Å². The molecule has 0 spiro atoms. The third-order valence-electron chi connectivity index (χ3n) is 6.39. The second-order valence-corrected chi connectivity index (χ2v) is 7.82. The summed E-state index contributed by atoms with van der Waals surface area (Å²) in [7, 11) is 1.79. The van der Waals surface area contributed by atoms with E-state index in [0.29, 0.717) is 13.0 Å². The van der Waals surface area contributed by atoms with Gasteiger partial charge in [-0.05, 0) is 24.5 Å². The van der Waals surface area contributed by atoms with Crippen molar-refractivity contribution in [1.29, 1.82) is 0 Å². The Bertz CT molecular complexity index is 1060. The predicted molar refractivity (Wildman–Crippen MR) is 108 cm³/mol. The molecule has 142 valence electrons. The molecule has 28 heavy (non-hydrogen) atoms. The van der Waals surface area contributed by atoms with Crippen LogP contribution in [0.15, 0.2) is 60.8 Å². The molecular formula is C23H23N3O2. The van der Waals surface area contributed by atoms with Crippen molar-refractivity contribution in [2.24, 2.45) is 0 Å². The highest BCUT2D eigenvalue weighted by Gasteiger charge is 2.57. The van der Waals surface area contributed by atoms with Gasteiger partial charge >= 0.3 is 0 Å². The fourth-order valence-corrected chi connectivity index (χ4v) is 4.95. The number of fused-ring (bicyclic) bond motifs is 2. The number of amides is 2. The van der Waals surface area contributed by atoms with E-state index in [2.05, 4.69) is 4.98 Å². The number of nitrogens with one attached hydrogen (secondary N) is 1. The molecule has 2 aliphatic heterocycles. The van der Waals surface area contributed by atoms with Gasteiger partial charge in [-0.2, -0.15) is 0 Å². The topological polar surface area (TPSA) is 56.4 Å². The fourth-order valence-electron chi connectivity index (χ4n) is 4.95. The summed E-state index contributed by atoms with van der Waals surface area (Å²) in [4.78, 5) is 34.1. The van der Waals surface area contributed by atoms with Crippen molar-refractivity contribution in [3.63, 3.8) is 0 Å². The molecule has 2 atom stereocenters. The van der Waals surface area contributed by atoms with Crippen LogP contribution in [0.5, 0.6) is 0 Å². The van der Waals surface area contributed by atoms with Crippen molar-refractivity contribution in [2.75, 3.05) is 13.6 Å². The highest BCUT2D eigenvalue weighted by molar-refractivity contribution is 6.03. The number of piperazine rings is 1. The summed E-state index contributed by atoms with van der Waals surface area (Å²) < 4.78 is 0. The van der Waals surface area contributed by atoms with E-state index in [0.717, 1.165) is 34.9 Å². The molecule has 5 rings (SSSR count). The zero-order chi connectivity index (χ0) is 19.3. The lowest BCUT2D eigenvalue weighted by molar-refractivity contribution is -0.167. The van der Waals surface area contributed by atoms with Gasteiger partial charge in [-0.3, -0.25) is 9.59 Å². The molecule has 0 bridgehead atoms. The smallest absolute Gasteiger partial charge is 0.254 e. The van der Waals surface area contributed by atoms with E-state index in [1.807, 2.05) is 65.7 Å². The van der Waals surface area contributed by atoms with Crippen LogP contribution in [0.2, 0.25) is 0 Å². The van der Waals surface area contributed by atoms with Crippen molar-refractivity contribution >= 4 is 22.7 Å². The minimum atomic E-state index is -1.04. The number of aromatic amines is 1. The molecular weight excluding hydrogens is 350 g/mol. The first-order valence-corrected chi connectivity index (χ1v) is 9.82. The van der Waals surface area contributed by atoms with Gasteiger partial charge in [0.1, 0.15) is 6.04 Å². The Kier molecular flexibility index (Phi) is 3.79. The second kappa shape index (κ2) is 6.23. The van der Waals surface area contributed by atoms with E-state index in [9.17, 15) is 9.59 Å². The van der Waals surface area contributed by atoms with Crippen LogP contribution < -0.4 is 0 Å². The molecule has 1 aromatic heterocycles. The molecule has 2 aromatic carbocycles. The van der Waals surface area contributed by atoms with Gasteiger partial charge in [-0.1, -0.05) is 48.5 Å². The molecule has 2 unspecified atom stereocenters. The van der Waals surface area contributed by atoms with Crippen LogP contribution in [0.1, 0.15) is 24.0 Å². The van der Waals surface area contributed by atoms with Crippen LogP contribution in [-0.4, -0.2) is 46.2 Å². The standard InChI is InChI=1S/C23H23N3O2/c1-25-21(27)20-12-7-13-26(20)22(28)23(25,14-16-8-3-2-4-9-16)18-15-24-19-11-6-5-10-17(18)19/h2-6,8-11,15,20,24H,7,12-14H2,1H3. The lowest BCUT2D eigenvalue weighted by Crippen LogP contribution is -2.68. The number of rotatable bonds is 3. The minimum Gasteiger partial charge on any atom is -0.361 e. The summed E-state index contributed by atoms with van der Waals surface area (Å²) in [5.74, 6) is 0.0732. The number of carbonyl (C=O) groups excluding carboxylic acids is 2. The van der Waals surface area contributed by atoms with Crippen LogP contribution >= 0.6 is 0 Å². The fraction of sp³-hybridized carbons (Fsp3) is 0.304. The van der Waals surface area contributed by atoms with E-state index in [1.165, 1.54) is 0 Å². The lowest BCUT2D eigenvalue weighted by atomic mass is 9.78. The van der Waals surface area contributed by atoms with Gasteiger partial charge in [-0.15, -0.1) is 0 Å². The molecule has 2 aliphatic rings. The van der Waals surface area contributed by atoms with Crippen LogP contribution in [0.3, 0.4) is 0 Å². The van der Waals surface area contributed by atoms with E-state index in [4.69, 9.17) is 0 Å². The largest absolute Gasteiger partial charge is 0.361 e. The average molecular weight is 373 g/mol. The number of nitrogens with zero attached hydrogens (tertiary/aromatic N) is 2. The highest BCUT2D eigenvalue weighted by atomic mass is 16.2. The average Bonchev–Trinajstić information content (AvgIpc) is 3.38. The number of likely N-dealkylation sites (N-methyl/N-ethyl adjacent to an activating group) is 1. The number of carbonyl (C=O) groups is 2. The Hall–Kier alpha value is -3.08. The van der Waals surface area contributed by atoms with Crippen molar-refractivity contribution in [1.82, 2.24) is 14.8 Å². The Morgan fingerprint density at radius 1 is 1.07 bits per heavy atom. The molecule has 3 aromatic rings. The molecule has 5 heteroatoms. The lowest BCUT2D eigenvalue weighted by Gasteiger charge is -2.49. The van der Waals surface area contributed by atoms with Crippen LogP contribution in [0.4, 0.5) is 0 Å². The monoisotopic (exact) mass is 373 g/mol. The van der Waals surface area contributed by atoms with E-state index >= 15 is 0 Å². The first kappa shape index (κ1) is 17.0. The normalized spacial score (nSPS) is 24.8. The van der Waals surface area contributed by atoms with Crippen molar-refractivity contribution in [3.8, 4) is 0 Å². The SMILES string of the molecule is CN1C(=O)C2CCCN2C(=O)C1(Cc1ccccc1)c1c[nH]c2ccccc12. The van der Waals surface area contributed by atoms with E-state index in [-0.39, 0.29) is 17.9 Å². The maximum Gasteiger partial charge on any atom is 0.254 e. The first-order valence-electron chi connectivity index (χ1n) is 9.82. The summed E-state index contributed by atoms with van der Waals surface area (Å²) in [6, 6.07) is 17.6. The summed E-state index contributed by atoms with van der Waals surface area (Å²) in [5.41, 5.74) is 1.84. The van der Waals surface area contributed by atoms with Crippen LogP contribution in [-0.2, 0) is 21.5 Å². The number of hydrogen-bond donors (Lipinski definition) is 1. The van der Waals surface area contributed by atoms with Crippen molar-refractivity contribution in [2.45, 2.75) is 30.8 Å². The van der Waals surface area contributed by atoms with Crippen LogP contribution in [0, 0.1) is 0 Å². The summed E-state index contributed by atoms with van der Waals surface area (Å²) >= 11 is 0. The third-order valence-corrected chi connectivity index (χ3v) is 6.39. The van der Waals surface area contributed by atoms with Crippen molar-refractivity contribution in [3.05, 3.63) is 71.9 Å². The number of aromatic nitrogens is 1. The number of para-hydroxylation sites is 1. The zero-order valence-corrected chi connectivity index (χ0v) is 15.9. The maximum atomic E-state index is 13.9.